The van der Waals surface area contributed by atoms with Crippen molar-refractivity contribution in [2.24, 2.45) is 11.8 Å². The maximum Gasteiger partial charge on any atom is 0.228 e. The van der Waals surface area contributed by atoms with Gasteiger partial charge >= 0.3 is 0 Å². The molecule has 3 rings (SSSR count). The van der Waals surface area contributed by atoms with Crippen LogP contribution in [0.2, 0.25) is 5.02 Å². The zero-order chi connectivity index (χ0) is 18.8. The summed E-state index contributed by atoms with van der Waals surface area (Å²) >= 11 is 5.93. The van der Waals surface area contributed by atoms with E-state index in [1.54, 1.807) is 18.2 Å². The maximum atomic E-state index is 12.4. The van der Waals surface area contributed by atoms with Gasteiger partial charge in [-0.2, -0.15) is 0 Å². The van der Waals surface area contributed by atoms with Gasteiger partial charge in [-0.15, -0.1) is 0 Å². The van der Waals surface area contributed by atoms with Gasteiger partial charge in [-0.25, -0.2) is 0 Å². The molecule has 0 saturated heterocycles. The van der Waals surface area contributed by atoms with Crippen LogP contribution in [-0.4, -0.2) is 25.9 Å². The number of amides is 2. The number of halogens is 1. The van der Waals surface area contributed by atoms with Crippen molar-refractivity contribution in [3.8, 4) is 0 Å². The Kier molecular flexibility index (Phi) is 5.18. The van der Waals surface area contributed by atoms with Gasteiger partial charge in [0.2, 0.25) is 11.8 Å². The van der Waals surface area contributed by atoms with Crippen molar-refractivity contribution < 1.29 is 9.59 Å². The van der Waals surface area contributed by atoms with Crippen molar-refractivity contribution in [2.45, 2.75) is 13.3 Å². The zero-order valence-electron chi connectivity index (χ0n) is 15.0. The second-order valence-corrected chi connectivity index (χ2v) is 7.26. The Labute approximate surface area is 158 Å². The first-order valence-corrected chi connectivity index (χ1v) is 8.88. The molecule has 2 N–H and O–H groups in total. The molecule has 0 heterocycles. The molecule has 1 saturated carbocycles. The van der Waals surface area contributed by atoms with Crippen molar-refractivity contribution >= 4 is 40.5 Å². The third kappa shape index (κ3) is 4.17. The molecule has 0 radical (unpaired) electrons. The van der Waals surface area contributed by atoms with E-state index in [4.69, 9.17) is 11.6 Å². The van der Waals surface area contributed by atoms with Gasteiger partial charge in [0, 0.05) is 36.2 Å². The summed E-state index contributed by atoms with van der Waals surface area (Å²) in [6.45, 7) is 1.88. The number of nitrogens with one attached hydrogen (secondary N) is 2. The van der Waals surface area contributed by atoms with E-state index < -0.39 is 0 Å². The number of aryl methyl sites for hydroxylation is 1. The van der Waals surface area contributed by atoms with E-state index in [1.165, 1.54) is 0 Å². The van der Waals surface area contributed by atoms with Crippen LogP contribution >= 0.6 is 11.6 Å². The highest BCUT2D eigenvalue weighted by atomic mass is 35.5. The van der Waals surface area contributed by atoms with Crippen LogP contribution in [0.5, 0.6) is 0 Å². The van der Waals surface area contributed by atoms with Gasteiger partial charge in [0.25, 0.3) is 0 Å². The first-order chi connectivity index (χ1) is 12.3. The second-order valence-electron chi connectivity index (χ2n) is 6.83. The molecule has 136 valence electrons. The van der Waals surface area contributed by atoms with Gasteiger partial charge in [0.05, 0.1) is 11.8 Å². The molecule has 2 aromatic carbocycles. The molecule has 2 unspecified atom stereocenters. The highest BCUT2D eigenvalue weighted by Crippen LogP contribution is 2.40. The fraction of sp³-hybridized carbons (Fsp3) is 0.300. The SMILES string of the molecule is Cc1cc(Cl)ccc1NC(=O)C1CC1C(=O)Nc1ccc(N(C)C)cc1. The molecule has 0 aliphatic heterocycles. The lowest BCUT2D eigenvalue weighted by molar-refractivity contribution is -0.122. The monoisotopic (exact) mass is 371 g/mol. The van der Waals surface area contributed by atoms with Gasteiger partial charge in [0.1, 0.15) is 0 Å². The number of benzene rings is 2. The quantitative estimate of drug-likeness (QED) is 0.837. The van der Waals surface area contributed by atoms with Gasteiger partial charge in [-0.3, -0.25) is 9.59 Å². The van der Waals surface area contributed by atoms with Crippen molar-refractivity contribution in [3.05, 3.63) is 53.1 Å². The topological polar surface area (TPSA) is 61.4 Å². The summed E-state index contributed by atoms with van der Waals surface area (Å²) in [4.78, 5) is 26.7. The molecule has 1 aliphatic rings. The average Bonchev–Trinajstić information content (AvgIpc) is 3.39. The van der Waals surface area contributed by atoms with Crippen molar-refractivity contribution in [1.29, 1.82) is 0 Å². The summed E-state index contributed by atoms with van der Waals surface area (Å²) in [7, 11) is 3.92. The van der Waals surface area contributed by atoms with Crippen LogP contribution < -0.4 is 15.5 Å². The lowest BCUT2D eigenvalue weighted by Gasteiger charge is -2.13. The minimum atomic E-state index is -0.286. The summed E-state index contributed by atoms with van der Waals surface area (Å²) in [5.41, 5.74) is 3.42. The summed E-state index contributed by atoms with van der Waals surface area (Å²) < 4.78 is 0. The summed E-state index contributed by atoms with van der Waals surface area (Å²) in [5.74, 6) is -0.809. The van der Waals surface area contributed by atoms with Gasteiger partial charge in [0.15, 0.2) is 0 Å². The van der Waals surface area contributed by atoms with Gasteiger partial charge in [-0.05, 0) is 61.4 Å². The number of carbonyl (C=O) groups excluding carboxylic acids is 2. The predicted molar refractivity (Wildman–Crippen MR) is 106 cm³/mol. The highest BCUT2D eigenvalue weighted by molar-refractivity contribution is 6.30. The molecule has 0 aromatic heterocycles. The molecular formula is C20H22ClN3O2. The minimum Gasteiger partial charge on any atom is -0.378 e. The Morgan fingerprint density at radius 2 is 1.62 bits per heavy atom. The molecule has 2 amide bonds. The first-order valence-electron chi connectivity index (χ1n) is 8.50. The van der Waals surface area contributed by atoms with Crippen LogP contribution in [0.15, 0.2) is 42.5 Å². The van der Waals surface area contributed by atoms with E-state index in [0.717, 1.165) is 22.6 Å². The number of hydrogen-bond acceptors (Lipinski definition) is 3. The van der Waals surface area contributed by atoms with Crippen LogP contribution in [0.1, 0.15) is 12.0 Å². The Bertz CT molecular complexity index is 833. The van der Waals surface area contributed by atoms with Crippen LogP contribution in [-0.2, 0) is 9.59 Å². The number of anilines is 3. The molecule has 0 bridgehead atoms. The molecule has 2 atom stereocenters. The smallest absolute Gasteiger partial charge is 0.228 e. The predicted octanol–water partition coefficient (Wildman–Crippen LogP) is 3.93. The molecule has 1 fully saturated rings. The normalized spacial score (nSPS) is 18.2. The minimum absolute atomic E-state index is 0.115. The zero-order valence-corrected chi connectivity index (χ0v) is 15.8. The van der Waals surface area contributed by atoms with E-state index >= 15 is 0 Å². The van der Waals surface area contributed by atoms with Gasteiger partial charge < -0.3 is 15.5 Å². The summed E-state index contributed by atoms with van der Waals surface area (Å²) in [6.07, 6.45) is 0.570. The number of hydrogen-bond donors (Lipinski definition) is 2. The Hall–Kier alpha value is -2.53. The first kappa shape index (κ1) is 18.3. The molecule has 0 spiro atoms. The molecule has 1 aliphatic carbocycles. The third-order valence-electron chi connectivity index (χ3n) is 4.56. The molecule has 5 nitrogen and oxygen atoms in total. The standard InChI is InChI=1S/C20H22ClN3O2/c1-12-10-13(21)4-9-18(12)23-20(26)17-11-16(17)19(25)22-14-5-7-15(8-6-14)24(2)3/h4-10,16-17H,11H2,1-3H3,(H,22,25)(H,23,26). The van der Waals surface area contributed by atoms with Crippen LogP contribution in [0.3, 0.4) is 0 Å². The molecule has 2 aromatic rings. The second kappa shape index (κ2) is 7.38. The average molecular weight is 372 g/mol. The van der Waals surface area contributed by atoms with Crippen molar-refractivity contribution in [3.63, 3.8) is 0 Å². The lowest BCUT2D eigenvalue weighted by Crippen LogP contribution is -2.21. The summed E-state index contributed by atoms with van der Waals surface area (Å²) in [6, 6.07) is 12.9. The number of nitrogens with zero attached hydrogens (tertiary/aromatic N) is 1. The highest BCUT2D eigenvalue weighted by Gasteiger charge is 2.48. The van der Waals surface area contributed by atoms with Gasteiger partial charge in [-0.1, -0.05) is 11.6 Å². The molecule has 6 heteroatoms. The Morgan fingerprint density at radius 3 is 2.19 bits per heavy atom. The maximum absolute atomic E-state index is 12.4. The van der Waals surface area contributed by atoms with E-state index in [2.05, 4.69) is 10.6 Å². The summed E-state index contributed by atoms with van der Waals surface area (Å²) in [5, 5.41) is 6.40. The largest absolute Gasteiger partial charge is 0.378 e. The van der Waals surface area contributed by atoms with E-state index in [0.29, 0.717) is 11.4 Å². The van der Waals surface area contributed by atoms with E-state index in [-0.39, 0.29) is 23.7 Å². The fourth-order valence-corrected chi connectivity index (χ4v) is 3.07. The molecular weight excluding hydrogens is 350 g/mol. The Balaban J connectivity index is 1.55. The number of carbonyl (C=O) groups is 2. The van der Waals surface area contributed by atoms with E-state index in [1.807, 2.05) is 50.2 Å². The lowest BCUT2D eigenvalue weighted by atomic mass is 10.2. The molecule has 26 heavy (non-hydrogen) atoms. The van der Waals surface area contributed by atoms with Crippen LogP contribution in [0.4, 0.5) is 17.1 Å². The third-order valence-corrected chi connectivity index (χ3v) is 4.80. The van der Waals surface area contributed by atoms with Crippen molar-refractivity contribution in [1.82, 2.24) is 0 Å². The fourth-order valence-electron chi connectivity index (χ4n) is 2.85. The Morgan fingerprint density at radius 1 is 1.00 bits per heavy atom. The van der Waals surface area contributed by atoms with Crippen LogP contribution in [0.25, 0.3) is 0 Å². The van der Waals surface area contributed by atoms with Crippen LogP contribution in [0, 0.1) is 18.8 Å². The number of rotatable bonds is 5. The van der Waals surface area contributed by atoms with E-state index in [9.17, 15) is 9.59 Å². The van der Waals surface area contributed by atoms with Crippen molar-refractivity contribution in [2.75, 3.05) is 29.6 Å².